The molecule has 1 aliphatic rings. The van der Waals surface area contributed by atoms with Crippen LogP contribution in [0, 0.1) is 0 Å². The summed E-state index contributed by atoms with van der Waals surface area (Å²) >= 11 is 0. The van der Waals surface area contributed by atoms with Crippen molar-refractivity contribution in [3.05, 3.63) is 42.4 Å². The van der Waals surface area contributed by atoms with Crippen molar-refractivity contribution in [2.75, 3.05) is 5.32 Å². The summed E-state index contributed by atoms with van der Waals surface area (Å²) in [7, 11) is 0. The van der Waals surface area contributed by atoms with Gasteiger partial charge in [0, 0.05) is 41.5 Å². The van der Waals surface area contributed by atoms with Crippen LogP contribution < -0.4 is 16.0 Å². The Kier molecular flexibility index (Phi) is 6.25. The molecule has 1 aliphatic carbocycles. The molecule has 1 fully saturated rings. The van der Waals surface area contributed by atoms with Crippen LogP contribution in [0.5, 0.6) is 0 Å². The van der Waals surface area contributed by atoms with E-state index < -0.39 is 6.09 Å². The van der Waals surface area contributed by atoms with E-state index in [1.165, 1.54) is 0 Å². The average Bonchev–Trinajstić information content (AvgIpc) is 3.29. The molecule has 1 saturated carbocycles. The van der Waals surface area contributed by atoms with Crippen LogP contribution in [0.25, 0.3) is 22.0 Å². The van der Waals surface area contributed by atoms with Crippen LogP contribution >= 0.6 is 0 Å². The quantitative estimate of drug-likeness (QED) is 0.400. The third-order valence-corrected chi connectivity index (χ3v) is 5.77. The second-order valence-corrected chi connectivity index (χ2v) is 8.54. The molecular weight excluding hydrogens is 408 g/mol. The number of nitrogens with one attached hydrogen (secondary N) is 4. The van der Waals surface area contributed by atoms with Crippen LogP contribution in [0.1, 0.15) is 49.9 Å². The number of amides is 2. The molecule has 0 atom stereocenters. The monoisotopic (exact) mass is 436 g/mol. The Balaban J connectivity index is 1.59. The van der Waals surface area contributed by atoms with Gasteiger partial charge in [-0.2, -0.15) is 5.10 Å². The van der Waals surface area contributed by atoms with Crippen LogP contribution in [0.15, 0.2) is 36.8 Å². The van der Waals surface area contributed by atoms with Crippen LogP contribution in [-0.2, 0) is 0 Å². The van der Waals surface area contributed by atoms with Gasteiger partial charge >= 0.3 is 6.09 Å². The minimum absolute atomic E-state index is 0.00852. The Morgan fingerprint density at radius 1 is 1.06 bits per heavy atom. The molecule has 32 heavy (non-hydrogen) atoms. The van der Waals surface area contributed by atoms with E-state index in [9.17, 15) is 9.59 Å². The van der Waals surface area contributed by atoms with Gasteiger partial charge in [0.15, 0.2) is 0 Å². The summed E-state index contributed by atoms with van der Waals surface area (Å²) in [5, 5.41) is 25.7. The maximum Gasteiger partial charge on any atom is 0.404 e. The van der Waals surface area contributed by atoms with E-state index >= 15 is 0 Å². The highest BCUT2D eigenvalue weighted by atomic mass is 16.4. The topological polar surface area (TPSA) is 132 Å². The summed E-state index contributed by atoms with van der Waals surface area (Å²) in [5.41, 5.74) is 4.01. The number of pyridine rings is 1. The SMILES string of the molecule is CC(C)Nc1c(C(=O)NC2CCC(NC(=O)O)CC2)cnc2ccc(-c3cn[nH]c3)cc12. The fraction of sp³-hybridized carbons (Fsp3) is 0.391. The molecule has 2 amide bonds. The molecule has 2 heterocycles. The molecule has 168 valence electrons. The maximum atomic E-state index is 13.2. The molecule has 0 saturated heterocycles. The van der Waals surface area contributed by atoms with Gasteiger partial charge in [0.05, 0.1) is 23.0 Å². The predicted octanol–water partition coefficient (Wildman–Crippen LogP) is 3.75. The molecule has 0 spiro atoms. The third-order valence-electron chi connectivity index (χ3n) is 5.77. The molecule has 5 N–H and O–H groups in total. The normalized spacial score (nSPS) is 18.5. The average molecular weight is 437 g/mol. The maximum absolute atomic E-state index is 13.2. The zero-order valence-electron chi connectivity index (χ0n) is 18.2. The molecule has 2 aromatic heterocycles. The first-order chi connectivity index (χ1) is 15.4. The number of aromatic nitrogens is 3. The number of anilines is 1. The molecule has 4 rings (SSSR count). The van der Waals surface area contributed by atoms with Crippen LogP contribution in [-0.4, -0.2) is 50.4 Å². The number of rotatable bonds is 6. The van der Waals surface area contributed by atoms with Crippen molar-refractivity contribution in [2.24, 2.45) is 0 Å². The minimum atomic E-state index is -1.00. The first-order valence-corrected chi connectivity index (χ1v) is 10.9. The number of nitrogens with zero attached hydrogens (tertiary/aromatic N) is 2. The van der Waals surface area contributed by atoms with Crippen molar-refractivity contribution in [1.82, 2.24) is 25.8 Å². The first kappa shape index (κ1) is 21.6. The second kappa shape index (κ2) is 9.25. The van der Waals surface area contributed by atoms with E-state index in [1.54, 1.807) is 12.4 Å². The number of carboxylic acid groups (broad SMARTS) is 1. The first-order valence-electron chi connectivity index (χ1n) is 10.9. The van der Waals surface area contributed by atoms with Gasteiger partial charge in [0.2, 0.25) is 0 Å². The number of hydrogen-bond donors (Lipinski definition) is 5. The van der Waals surface area contributed by atoms with Crippen molar-refractivity contribution in [3.8, 4) is 11.1 Å². The largest absolute Gasteiger partial charge is 0.465 e. The molecule has 0 aliphatic heterocycles. The third kappa shape index (κ3) is 4.82. The second-order valence-electron chi connectivity index (χ2n) is 8.54. The van der Waals surface area contributed by atoms with Gasteiger partial charge < -0.3 is 21.1 Å². The summed E-state index contributed by atoms with van der Waals surface area (Å²) in [6.45, 7) is 4.06. The Morgan fingerprint density at radius 3 is 2.41 bits per heavy atom. The number of carbonyl (C=O) groups is 2. The minimum Gasteiger partial charge on any atom is -0.465 e. The van der Waals surface area contributed by atoms with Crippen molar-refractivity contribution in [2.45, 2.75) is 57.7 Å². The van der Waals surface area contributed by atoms with Gasteiger partial charge in [-0.1, -0.05) is 6.07 Å². The Bertz CT molecular complexity index is 1100. The smallest absolute Gasteiger partial charge is 0.404 e. The van der Waals surface area contributed by atoms with E-state index in [2.05, 4.69) is 31.1 Å². The molecule has 3 aromatic rings. The van der Waals surface area contributed by atoms with Crippen molar-refractivity contribution in [1.29, 1.82) is 0 Å². The summed E-state index contributed by atoms with van der Waals surface area (Å²) in [6.07, 6.45) is 7.09. The lowest BCUT2D eigenvalue weighted by Gasteiger charge is -2.29. The summed E-state index contributed by atoms with van der Waals surface area (Å²) in [4.78, 5) is 28.6. The van der Waals surface area contributed by atoms with Crippen LogP contribution in [0.4, 0.5) is 10.5 Å². The lowest BCUT2D eigenvalue weighted by Crippen LogP contribution is -2.43. The van der Waals surface area contributed by atoms with Crippen LogP contribution in [0.2, 0.25) is 0 Å². The Hall–Kier alpha value is -3.62. The zero-order valence-corrected chi connectivity index (χ0v) is 18.2. The molecule has 9 nitrogen and oxygen atoms in total. The zero-order chi connectivity index (χ0) is 22.7. The lowest BCUT2D eigenvalue weighted by atomic mass is 9.91. The van der Waals surface area contributed by atoms with Gasteiger partial charge in [-0.05, 0) is 57.2 Å². The van der Waals surface area contributed by atoms with E-state index in [0.29, 0.717) is 18.4 Å². The van der Waals surface area contributed by atoms with E-state index in [1.807, 2.05) is 38.2 Å². The van der Waals surface area contributed by atoms with Crippen molar-refractivity contribution in [3.63, 3.8) is 0 Å². The molecule has 0 unspecified atom stereocenters. The van der Waals surface area contributed by atoms with Crippen molar-refractivity contribution >= 4 is 28.6 Å². The Morgan fingerprint density at radius 2 is 1.78 bits per heavy atom. The lowest BCUT2D eigenvalue weighted by molar-refractivity contribution is 0.0923. The predicted molar refractivity (Wildman–Crippen MR) is 123 cm³/mol. The number of aromatic amines is 1. The summed E-state index contributed by atoms with van der Waals surface area (Å²) < 4.78 is 0. The summed E-state index contributed by atoms with van der Waals surface area (Å²) in [5.74, 6) is -0.175. The molecule has 1 aromatic carbocycles. The molecule has 9 heteroatoms. The molecular formula is C23H28N6O3. The van der Waals surface area contributed by atoms with Gasteiger partial charge in [-0.25, -0.2) is 4.79 Å². The highest BCUT2D eigenvalue weighted by Gasteiger charge is 2.25. The van der Waals surface area contributed by atoms with Gasteiger partial charge in [-0.3, -0.25) is 14.9 Å². The fourth-order valence-electron chi connectivity index (χ4n) is 4.22. The van der Waals surface area contributed by atoms with Gasteiger partial charge in [0.1, 0.15) is 0 Å². The summed E-state index contributed by atoms with van der Waals surface area (Å²) in [6, 6.07) is 6.04. The van der Waals surface area contributed by atoms with E-state index in [4.69, 9.17) is 5.11 Å². The number of hydrogen-bond acceptors (Lipinski definition) is 5. The highest BCUT2D eigenvalue weighted by Crippen LogP contribution is 2.31. The molecule has 0 bridgehead atoms. The number of H-pyrrole nitrogens is 1. The van der Waals surface area contributed by atoms with E-state index in [-0.39, 0.29) is 24.0 Å². The fourth-order valence-corrected chi connectivity index (χ4v) is 4.22. The molecule has 0 radical (unpaired) electrons. The van der Waals surface area contributed by atoms with E-state index in [0.717, 1.165) is 40.6 Å². The van der Waals surface area contributed by atoms with Gasteiger partial charge in [-0.15, -0.1) is 0 Å². The number of fused-ring (bicyclic) bond motifs is 1. The van der Waals surface area contributed by atoms with Gasteiger partial charge in [0.25, 0.3) is 5.91 Å². The Labute approximate surface area is 186 Å². The highest BCUT2D eigenvalue weighted by molar-refractivity contribution is 6.08. The standard InChI is InChI=1S/C23H28N6O3/c1-13(2)27-21-18-9-14(15-10-25-26-11-15)3-8-20(18)24-12-19(21)22(30)28-16-4-6-17(7-5-16)29-23(31)32/h3,8-13,16-17,29H,4-7H2,1-2H3,(H,24,27)(H,25,26)(H,28,30)(H,31,32). The number of carbonyl (C=O) groups excluding carboxylic acids is 1. The number of benzene rings is 1. The van der Waals surface area contributed by atoms with Crippen molar-refractivity contribution < 1.29 is 14.7 Å². The van der Waals surface area contributed by atoms with Crippen LogP contribution in [0.3, 0.4) is 0 Å².